The summed E-state index contributed by atoms with van der Waals surface area (Å²) in [4.78, 5) is 8.87. The van der Waals surface area contributed by atoms with Crippen LogP contribution in [0, 0.1) is 29.7 Å². The molecule has 11 nitrogen and oxygen atoms in total. The Labute approximate surface area is 233 Å². The zero-order chi connectivity index (χ0) is 28.0. The molecule has 6 rings (SSSR count). The predicted molar refractivity (Wildman–Crippen MR) is 150 cm³/mol. The van der Waals surface area contributed by atoms with E-state index in [1.807, 2.05) is 42.3 Å². The van der Waals surface area contributed by atoms with Crippen LogP contribution >= 0.6 is 0 Å². The number of likely N-dealkylation sites (tertiary alicyclic amines) is 2. The SMILES string of the molecule is Cc1c(-c2cc(N[C@H](C)c3ccccn3)c3c(C#N)cnn3c2)nnn1C1CCN([C@H]2CN(C#N)C2(C)C)CC1. The molecule has 0 aromatic carbocycles. The van der Waals surface area contributed by atoms with E-state index < -0.39 is 0 Å². The van der Waals surface area contributed by atoms with Gasteiger partial charge in [0.1, 0.15) is 17.3 Å². The summed E-state index contributed by atoms with van der Waals surface area (Å²) in [5, 5.41) is 36.3. The molecule has 0 bridgehead atoms. The number of hydrogen-bond donors (Lipinski definition) is 1. The van der Waals surface area contributed by atoms with Crippen molar-refractivity contribution in [1.82, 2.24) is 39.4 Å². The van der Waals surface area contributed by atoms with Gasteiger partial charge in [0.25, 0.3) is 0 Å². The highest BCUT2D eigenvalue weighted by Gasteiger charge is 2.49. The molecule has 4 aromatic rings. The first-order valence-electron chi connectivity index (χ1n) is 13.7. The number of aromatic nitrogens is 6. The first-order chi connectivity index (χ1) is 19.3. The zero-order valence-electron chi connectivity index (χ0n) is 23.3. The Hall–Kier alpha value is -4.48. The molecule has 1 N–H and O–H groups in total. The summed E-state index contributed by atoms with van der Waals surface area (Å²) in [7, 11) is 0. The van der Waals surface area contributed by atoms with Crippen molar-refractivity contribution in [3.63, 3.8) is 0 Å². The number of piperidine rings is 1. The molecule has 2 aliphatic heterocycles. The van der Waals surface area contributed by atoms with Crippen LogP contribution < -0.4 is 5.32 Å². The molecule has 40 heavy (non-hydrogen) atoms. The van der Waals surface area contributed by atoms with Gasteiger partial charge in [-0.1, -0.05) is 11.3 Å². The summed E-state index contributed by atoms with van der Waals surface area (Å²) < 4.78 is 3.81. The van der Waals surface area contributed by atoms with Gasteiger partial charge in [-0.3, -0.25) is 9.88 Å². The van der Waals surface area contributed by atoms with Gasteiger partial charge in [-0.25, -0.2) is 9.20 Å². The summed E-state index contributed by atoms with van der Waals surface area (Å²) >= 11 is 0. The van der Waals surface area contributed by atoms with E-state index in [0.717, 1.165) is 66.3 Å². The van der Waals surface area contributed by atoms with E-state index in [1.165, 1.54) is 0 Å². The van der Waals surface area contributed by atoms with Gasteiger partial charge in [-0.05, 0) is 58.7 Å². The Balaban J connectivity index is 1.25. The molecule has 0 saturated carbocycles. The zero-order valence-corrected chi connectivity index (χ0v) is 23.3. The predicted octanol–water partition coefficient (Wildman–Crippen LogP) is 3.92. The molecule has 0 amide bonds. The number of pyridine rings is 2. The Kier molecular flexibility index (Phi) is 6.40. The van der Waals surface area contributed by atoms with Crippen LogP contribution in [0.15, 0.2) is 42.9 Å². The van der Waals surface area contributed by atoms with Crippen molar-refractivity contribution >= 4 is 11.2 Å². The number of fused-ring (bicyclic) bond motifs is 1. The average Bonchev–Trinajstić information content (AvgIpc) is 3.56. The van der Waals surface area contributed by atoms with Crippen molar-refractivity contribution in [2.24, 2.45) is 0 Å². The second-order valence-electron chi connectivity index (χ2n) is 11.3. The molecule has 0 radical (unpaired) electrons. The van der Waals surface area contributed by atoms with E-state index in [4.69, 9.17) is 0 Å². The van der Waals surface area contributed by atoms with Crippen LogP contribution in [0.4, 0.5) is 5.69 Å². The maximum absolute atomic E-state index is 9.72. The van der Waals surface area contributed by atoms with Gasteiger partial charge < -0.3 is 10.2 Å². The van der Waals surface area contributed by atoms with E-state index in [1.54, 1.807) is 16.9 Å². The van der Waals surface area contributed by atoms with Crippen LogP contribution in [0.25, 0.3) is 16.8 Å². The third-order valence-electron chi connectivity index (χ3n) is 8.71. The van der Waals surface area contributed by atoms with Crippen molar-refractivity contribution in [2.75, 3.05) is 25.0 Å². The molecule has 2 fully saturated rings. The first kappa shape index (κ1) is 25.8. The Morgan fingerprint density at radius 2 is 1.98 bits per heavy atom. The van der Waals surface area contributed by atoms with Crippen molar-refractivity contribution in [3.8, 4) is 23.5 Å². The number of anilines is 1. The topological polar surface area (TPSA) is 127 Å². The molecule has 2 atom stereocenters. The second-order valence-corrected chi connectivity index (χ2v) is 11.3. The Morgan fingerprint density at radius 1 is 1.18 bits per heavy atom. The van der Waals surface area contributed by atoms with Crippen molar-refractivity contribution < 1.29 is 0 Å². The van der Waals surface area contributed by atoms with E-state index in [2.05, 4.69) is 68.3 Å². The van der Waals surface area contributed by atoms with Gasteiger partial charge in [0.2, 0.25) is 0 Å². The van der Waals surface area contributed by atoms with Crippen LogP contribution in [-0.4, -0.2) is 70.6 Å². The lowest BCUT2D eigenvalue weighted by atomic mass is 9.81. The molecule has 6 heterocycles. The van der Waals surface area contributed by atoms with Crippen LogP contribution in [-0.2, 0) is 0 Å². The monoisotopic (exact) mass is 535 g/mol. The molecule has 4 aromatic heterocycles. The standard InChI is InChI=1S/C29H33N11/c1-19(24-7-5-6-10-32-24)34-25-13-21(16-39-28(25)22(14-30)15-33-39)27-20(2)40(36-35-27)23-8-11-37(12-9-23)26-17-38(18-31)29(26,3)4/h5-7,10,13,15-16,19,23,26,34H,8-9,11-12,17H2,1-4H3/t19-,26+/m1/s1. The van der Waals surface area contributed by atoms with E-state index in [0.29, 0.717) is 11.6 Å². The molecule has 11 heteroatoms. The molecule has 2 saturated heterocycles. The van der Waals surface area contributed by atoms with Crippen LogP contribution in [0.5, 0.6) is 0 Å². The van der Waals surface area contributed by atoms with Gasteiger partial charge in [0, 0.05) is 37.6 Å². The summed E-state index contributed by atoms with van der Waals surface area (Å²) in [6.07, 6.45) is 9.57. The van der Waals surface area contributed by atoms with Crippen LogP contribution in [0.1, 0.15) is 62.6 Å². The fourth-order valence-corrected chi connectivity index (χ4v) is 6.21. The summed E-state index contributed by atoms with van der Waals surface area (Å²) in [5.41, 5.74) is 5.50. The maximum Gasteiger partial charge on any atom is 0.179 e. The molecular formula is C29H33N11. The average molecular weight is 536 g/mol. The molecule has 0 spiro atoms. The third-order valence-corrected chi connectivity index (χ3v) is 8.71. The highest BCUT2D eigenvalue weighted by atomic mass is 15.5. The Bertz CT molecular complexity index is 1610. The Morgan fingerprint density at radius 3 is 2.65 bits per heavy atom. The molecule has 2 aliphatic rings. The van der Waals surface area contributed by atoms with Crippen molar-refractivity contribution in [1.29, 1.82) is 10.5 Å². The molecule has 0 unspecified atom stereocenters. The third kappa shape index (κ3) is 4.23. The lowest BCUT2D eigenvalue weighted by Gasteiger charge is -2.57. The molecular weight excluding hydrogens is 502 g/mol. The fourth-order valence-electron chi connectivity index (χ4n) is 6.21. The van der Waals surface area contributed by atoms with Crippen molar-refractivity contribution in [3.05, 3.63) is 59.8 Å². The number of rotatable bonds is 6. The minimum atomic E-state index is -0.117. The molecule has 204 valence electrons. The summed E-state index contributed by atoms with van der Waals surface area (Å²) in [5.74, 6) is 0. The van der Waals surface area contributed by atoms with Gasteiger partial charge in [0.05, 0.1) is 52.5 Å². The highest BCUT2D eigenvalue weighted by molar-refractivity contribution is 5.82. The lowest BCUT2D eigenvalue weighted by molar-refractivity contribution is -0.0603. The second kappa shape index (κ2) is 9.92. The van der Waals surface area contributed by atoms with E-state index in [9.17, 15) is 10.5 Å². The summed E-state index contributed by atoms with van der Waals surface area (Å²) in [6, 6.07) is 10.7. The minimum absolute atomic E-state index is 0.0791. The quantitative estimate of drug-likeness (QED) is 0.365. The summed E-state index contributed by atoms with van der Waals surface area (Å²) in [6.45, 7) is 11.2. The highest BCUT2D eigenvalue weighted by Crippen LogP contribution is 2.37. The van der Waals surface area contributed by atoms with Crippen molar-refractivity contribution in [2.45, 2.75) is 64.2 Å². The number of hydrogen-bond acceptors (Lipinski definition) is 9. The van der Waals surface area contributed by atoms with E-state index in [-0.39, 0.29) is 17.6 Å². The van der Waals surface area contributed by atoms with Crippen LogP contribution in [0.3, 0.4) is 0 Å². The first-order valence-corrected chi connectivity index (χ1v) is 13.7. The number of nitrogens with one attached hydrogen (secondary N) is 1. The van der Waals surface area contributed by atoms with Crippen LogP contribution in [0.2, 0.25) is 0 Å². The number of nitrogens with zero attached hydrogens (tertiary/aromatic N) is 10. The normalized spacial score (nSPS) is 20.1. The minimum Gasteiger partial charge on any atom is -0.375 e. The van der Waals surface area contributed by atoms with Gasteiger partial charge >= 0.3 is 0 Å². The lowest BCUT2D eigenvalue weighted by Crippen LogP contribution is -2.71. The van der Waals surface area contributed by atoms with Gasteiger partial charge in [-0.2, -0.15) is 15.6 Å². The smallest absolute Gasteiger partial charge is 0.179 e. The van der Waals surface area contributed by atoms with E-state index >= 15 is 0 Å². The fraction of sp³-hybridized carbons (Fsp3) is 0.448. The molecule has 0 aliphatic carbocycles. The van der Waals surface area contributed by atoms with Gasteiger partial charge in [-0.15, -0.1) is 5.10 Å². The maximum atomic E-state index is 9.72. The van der Waals surface area contributed by atoms with Gasteiger partial charge in [0.15, 0.2) is 6.19 Å². The largest absolute Gasteiger partial charge is 0.375 e. The number of nitriles is 2.